The van der Waals surface area contributed by atoms with Gasteiger partial charge in [0, 0.05) is 32.7 Å². The lowest BCUT2D eigenvalue weighted by Crippen LogP contribution is -2.56. The molecule has 0 aromatic heterocycles. The van der Waals surface area contributed by atoms with Gasteiger partial charge in [-0.3, -0.25) is 9.59 Å². The molecule has 160 valence electrons. The van der Waals surface area contributed by atoms with Crippen LogP contribution < -0.4 is 10.1 Å². The Hall–Kier alpha value is -1.79. The van der Waals surface area contributed by atoms with Crippen LogP contribution in [0.3, 0.4) is 0 Å². The monoisotopic (exact) mass is 421 g/mol. The Bertz CT molecular complexity index is 736. The highest BCUT2D eigenvalue weighted by Gasteiger charge is 2.51. The summed E-state index contributed by atoms with van der Waals surface area (Å²) >= 11 is 0. The third kappa shape index (κ3) is 4.10. The maximum Gasteiger partial charge on any atom is 0.257 e. The minimum atomic E-state index is -0.202. The molecule has 0 bridgehead atoms. The summed E-state index contributed by atoms with van der Waals surface area (Å²) in [7, 11) is 0. The molecule has 7 heteroatoms. The second-order valence-electron chi connectivity index (χ2n) is 8.24. The summed E-state index contributed by atoms with van der Waals surface area (Å²) in [4.78, 5) is 30.2. The summed E-state index contributed by atoms with van der Waals surface area (Å²) < 4.78 is 5.62. The zero-order valence-corrected chi connectivity index (χ0v) is 18.0. The van der Waals surface area contributed by atoms with Gasteiger partial charge in [-0.15, -0.1) is 12.4 Å². The standard InChI is InChI=1S/C22H31N3O3.ClH/c1-2-28-19-9-4-3-8-18(19)20(26)24-11-13-25(14-12-24)21(27)22-10-6-5-7-17(22)15-23-16-22;/h3-4,8-9,17,23H,2,5-7,10-16H2,1H3;1H/t17-,22+;/m0./s1. The fourth-order valence-corrected chi connectivity index (χ4v) is 5.19. The number of carbonyl (C=O) groups is 2. The molecular formula is C22H32ClN3O3. The van der Waals surface area contributed by atoms with Crippen LogP contribution in [0, 0.1) is 11.3 Å². The second kappa shape index (κ2) is 9.35. The fraction of sp³-hybridized carbons (Fsp3) is 0.636. The van der Waals surface area contributed by atoms with E-state index in [-0.39, 0.29) is 23.7 Å². The van der Waals surface area contributed by atoms with Crippen molar-refractivity contribution in [2.75, 3.05) is 45.9 Å². The number of benzene rings is 1. The average molecular weight is 422 g/mol. The molecule has 3 fully saturated rings. The summed E-state index contributed by atoms with van der Waals surface area (Å²) in [5, 5.41) is 3.47. The molecule has 2 amide bonds. The highest BCUT2D eigenvalue weighted by Crippen LogP contribution is 2.45. The Morgan fingerprint density at radius 1 is 1.14 bits per heavy atom. The van der Waals surface area contributed by atoms with Crippen LogP contribution in [0.1, 0.15) is 43.0 Å². The van der Waals surface area contributed by atoms with E-state index in [2.05, 4.69) is 5.32 Å². The van der Waals surface area contributed by atoms with Gasteiger partial charge in [-0.2, -0.15) is 0 Å². The Morgan fingerprint density at radius 2 is 1.86 bits per heavy atom. The molecule has 4 rings (SSSR count). The Labute approximate surface area is 179 Å². The van der Waals surface area contributed by atoms with E-state index in [0.717, 1.165) is 32.4 Å². The van der Waals surface area contributed by atoms with E-state index in [4.69, 9.17) is 4.74 Å². The van der Waals surface area contributed by atoms with Gasteiger partial charge in [0.05, 0.1) is 17.6 Å². The van der Waals surface area contributed by atoms with Crippen LogP contribution in [-0.2, 0) is 4.79 Å². The van der Waals surface area contributed by atoms with E-state index in [0.29, 0.717) is 55.9 Å². The third-order valence-corrected chi connectivity index (χ3v) is 6.74. The molecule has 0 radical (unpaired) electrons. The lowest BCUT2D eigenvalue weighted by Gasteiger charge is -2.43. The number of hydrogen-bond donors (Lipinski definition) is 1. The number of hydrogen-bond acceptors (Lipinski definition) is 4. The fourth-order valence-electron chi connectivity index (χ4n) is 5.19. The summed E-state index contributed by atoms with van der Waals surface area (Å²) in [5.41, 5.74) is 0.404. The van der Waals surface area contributed by atoms with Crippen LogP contribution in [0.4, 0.5) is 0 Å². The molecule has 6 nitrogen and oxygen atoms in total. The SMILES string of the molecule is CCOc1ccccc1C(=O)N1CCN(C(=O)[C@@]23CCCC[C@H]2CNC3)CC1.Cl. The Kier molecular flexibility index (Phi) is 7.06. The van der Waals surface area contributed by atoms with Crippen molar-refractivity contribution in [1.29, 1.82) is 0 Å². The van der Waals surface area contributed by atoms with Crippen LogP contribution in [0.15, 0.2) is 24.3 Å². The first kappa shape index (κ1) is 21.9. The number of piperazine rings is 1. The lowest BCUT2D eigenvalue weighted by atomic mass is 9.67. The topological polar surface area (TPSA) is 61.9 Å². The molecule has 29 heavy (non-hydrogen) atoms. The summed E-state index contributed by atoms with van der Waals surface area (Å²) in [6.07, 6.45) is 4.55. The highest BCUT2D eigenvalue weighted by molar-refractivity contribution is 5.97. The van der Waals surface area contributed by atoms with E-state index in [1.165, 1.54) is 6.42 Å². The van der Waals surface area contributed by atoms with Gasteiger partial charge in [-0.1, -0.05) is 25.0 Å². The maximum atomic E-state index is 13.4. The first-order valence-electron chi connectivity index (χ1n) is 10.7. The first-order valence-corrected chi connectivity index (χ1v) is 10.7. The van der Waals surface area contributed by atoms with Crippen LogP contribution >= 0.6 is 12.4 Å². The molecule has 1 aromatic carbocycles. The summed E-state index contributed by atoms with van der Waals surface area (Å²) in [6, 6.07) is 7.41. The highest BCUT2D eigenvalue weighted by atomic mass is 35.5. The molecular weight excluding hydrogens is 390 g/mol. The maximum absolute atomic E-state index is 13.4. The number of para-hydroxylation sites is 1. The molecule has 2 heterocycles. The molecule has 2 saturated heterocycles. The lowest BCUT2D eigenvalue weighted by molar-refractivity contribution is -0.146. The van der Waals surface area contributed by atoms with E-state index in [1.54, 1.807) is 0 Å². The molecule has 1 N–H and O–H groups in total. The van der Waals surface area contributed by atoms with Crippen molar-refractivity contribution in [1.82, 2.24) is 15.1 Å². The van der Waals surface area contributed by atoms with Crippen molar-refractivity contribution in [3.05, 3.63) is 29.8 Å². The number of nitrogens with zero attached hydrogens (tertiary/aromatic N) is 2. The molecule has 1 aliphatic carbocycles. The Morgan fingerprint density at radius 3 is 2.62 bits per heavy atom. The molecule has 0 unspecified atom stereocenters. The second-order valence-corrected chi connectivity index (χ2v) is 8.24. The number of ether oxygens (including phenoxy) is 1. The van der Waals surface area contributed by atoms with Crippen molar-refractivity contribution in [2.45, 2.75) is 32.6 Å². The number of halogens is 1. The number of carbonyl (C=O) groups excluding carboxylic acids is 2. The van der Waals surface area contributed by atoms with Crippen molar-refractivity contribution < 1.29 is 14.3 Å². The summed E-state index contributed by atoms with van der Waals surface area (Å²) in [6.45, 7) is 6.64. The van der Waals surface area contributed by atoms with Crippen LogP contribution in [0.5, 0.6) is 5.75 Å². The molecule has 1 saturated carbocycles. The van der Waals surface area contributed by atoms with Gasteiger partial charge in [0.2, 0.25) is 5.91 Å². The zero-order valence-electron chi connectivity index (χ0n) is 17.2. The minimum absolute atomic E-state index is 0. The number of fused-ring (bicyclic) bond motifs is 1. The zero-order chi connectivity index (χ0) is 19.6. The average Bonchev–Trinajstić information content (AvgIpc) is 3.19. The molecule has 0 spiro atoms. The molecule has 3 aliphatic rings. The molecule has 1 aromatic rings. The largest absolute Gasteiger partial charge is 0.493 e. The predicted octanol–water partition coefficient (Wildman–Crippen LogP) is 2.57. The number of nitrogens with one attached hydrogen (secondary N) is 1. The van der Waals surface area contributed by atoms with Crippen molar-refractivity contribution in [2.24, 2.45) is 11.3 Å². The van der Waals surface area contributed by atoms with Crippen molar-refractivity contribution in [3.63, 3.8) is 0 Å². The van der Waals surface area contributed by atoms with Crippen molar-refractivity contribution in [3.8, 4) is 5.75 Å². The van der Waals surface area contributed by atoms with Gasteiger partial charge < -0.3 is 19.9 Å². The Balaban J connectivity index is 0.00000240. The third-order valence-electron chi connectivity index (χ3n) is 6.74. The summed E-state index contributed by atoms with van der Waals surface area (Å²) in [5.74, 6) is 1.41. The number of amides is 2. The normalized spacial score (nSPS) is 26.4. The van der Waals surface area contributed by atoms with Crippen molar-refractivity contribution >= 4 is 24.2 Å². The van der Waals surface area contributed by atoms with Gasteiger partial charge in [0.15, 0.2) is 0 Å². The van der Waals surface area contributed by atoms with Crippen LogP contribution in [-0.4, -0.2) is 67.5 Å². The van der Waals surface area contributed by atoms with Crippen LogP contribution in [0.25, 0.3) is 0 Å². The molecule has 2 aliphatic heterocycles. The quantitative estimate of drug-likeness (QED) is 0.811. The van der Waals surface area contributed by atoms with E-state index in [9.17, 15) is 9.59 Å². The van der Waals surface area contributed by atoms with Gasteiger partial charge in [-0.05, 0) is 44.4 Å². The first-order chi connectivity index (χ1) is 13.7. The van der Waals surface area contributed by atoms with E-state index >= 15 is 0 Å². The smallest absolute Gasteiger partial charge is 0.257 e. The van der Waals surface area contributed by atoms with Gasteiger partial charge >= 0.3 is 0 Å². The van der Waals surface area contributed by atoms with E-state index < -0.39 is 0 Å². The van der Waals surface area contributed by atoms with Gasteiger partial charge in [0.25, 0.3) is 5.91 Å². The number of rotatable bonds is 4. The molecule has 2 atom stereocenters. The van der Waals surface area contributed by atoms with Crippen LogP contribution in [0.2, 0.25) is 0 Å². The minimum Gasteiger partial charge on any atom is -0.493 e. The van der Waals surface area contributed by atoms with Gasteiger partial charge in [0.1, 0.15) is 5.75 Å². The predicted molar refractivity (Wildman–Crippen MR) is 115 cm³/mol. The van der Waals surface area contributed by atoms with Gasteiger partial charge in [-0.25, -0.2) is 0 Å². The van der Waals surface area contributed by atoms with E-state index in [1.807, 2.05) is 41.0 Å².